The summed E-state index contributed by atoms with van der Waals surface area (Å²) in [5.74, 6) is 1.27. The highest BCUT2D eigenvalue weighted by Gasteiger charge is 2.27. The van der Waals surface area contributed by atoms with Crippen molar-refractivity contribution >= 4 is 21.8 Å². The number of hydrogen-bond acceptors (Lipinski definition) is 6. The standard InChI is InChI=1S/C29H36BrN5O2/c30-26-13-11-24(12-14-26)28-32-27(37-33-28)21-35-17-5-6-25(20-35)29(36)31-18-22-7-9-23(10-8-22)19-34-15-3-1-2-4-16-34/h7-14,25H,1-6,15-21H2,(H,31,36). The van der Waals surface area contributed by atoms with Crippen molar-refractivity contribution in [3.05, 3.63) is 70.0 Å². The molecule has 0 saturated carbocycles. The fourth-order valence-electron chi connectivity index (χ4n) is 5.29. The van der Waals surface area contributed by atoms with E-state index in [1.165, 1.54) is 44.3 Å². The highest BCUT2D eigenvalue weighted by molar-refractivity contribution is 9.10. The predicted molar refractivity (Wildman–Crippen MR) is 147 cm³/mol. The molecule has 1 N–H and O–H groups in total. The largest absolute Gasteiger partial charge is 0.352 e. The third kappa shape index (κ3) is 7.49. The Hall–Kier alpha value is -2.55. The highest BCUT2D eigenvalue weighted by atomic mass is 79.9. The number of piperidine rings is 1. The molecular weight excluding hydrogens is 530 g/mol. The first-order chi connectivity index (χ1) is 18.1. The molecule has 1 atom stereocenters. The molecule has 8 heteroatoms. The molecule has 2 aromatic carbocycles. The maximum atomic E-state index is 12.9. The summed E-state index contributed by atoms with van der Waals surface area (Å²) >= 11 is 3.45. The van der Waals surface area contributed by atoms with Crippen LogP contribution in [0.5, 0.6) is 0 Å². The summed E-state index contributed by atoms with van der Waals surface area (Å²) < 4.78 is 6.51. The van der Waals surface area contributed by atoms with E-state index in [0.717, 1.165) is 41.5 Å². The molecule has 7 nitrogen and oxygen atoms in total. The molecule has 2 aliphatic heterocycles. The average Bonchev–Trinajstić information content (AvgIpc) is 3.23. The number of likely N-dealkylation sites (tertiary alicyclic amines) is 2. The van der Waals surface area contributed by atoms with Crippen LogP contribution >= 0.6 is 15.9 Å². The van der Waals surface area contributed by atoms with E-state index in [4.69, 9.17) is 4.52 Å². The quantitative estimate of drug-likeness (QED) is 0.394. The van der Waals surface area contributed by atoms with Gasteiger partial charge in [-0.1, -0.05) is 58.2 Å². The van der Waals surface area contributed by atoms with Gasteiger partial charge in [0.05, 0.1) is 12.5 Å². The lowest BCUT2D eigenvalue weighted by atomic mass is 9.97. The van der Waals surface area contributed by atoms with Crippen LogP contribution < -0.4 is 5.32 Å². The number of benzene rings is 2. The van der Waals surface area contributed by atoms with Gasteiger partial charge in [0.15, 0.2) is 0 Å². The molecule has 0 radical (unpaired) electrons. The van der Waals surface area contributed by atoms with Crippen molar-refractivity contribution in [3.63, 3.8) is 0 Å². The summed E-state index contributed by atoms with van der Waals surface area (Å²) in [4.78, 5) is 22.3. The average molecular weight is 567 g/mol. The van der Waals surface area contributed by atoms with Crippen LogP contribution in [0.1, 0.15) is 55.5 Å². The molecule has 0 bridgehead atoms. The molecule has 2 aliphatic rings. The third-order valence-corrected chi connectivity index (χ3v) is 7.93. The first kappa shape index (κ1) is 26.1. The van der Waals surface area contributed by atoms with E-state index in [2.05, 4.69) is 65.5 Å². The van der Waals surface area contributed by atoms with Crippen LogP contribution in [0.4, 0.5) is 0 Å². The first-order valence-electron chi connectivity index (χ1n) is 13.5. The van der Waals surface area contributed by atoms with E-state index < -0.39 is 0 Å². The molecule has 5 rings (SSSR count). The molecule has 1 aromatic heterocycles. The zero-order valence-electron chi connectivity index (χ0n) is 21.4. The van der Waals surface area contributed by atoms with Crippen molar-refractivity contribution in [2.24, 2.45) is 5.92 Å². The predicted octanol–water partition coefficient (Wildman–Crippen LogP) is 5.40. The zero-order chi connectivity index (χ0) is 25.5. The number of halogens is 1. The monoisotopic (exact) mass is 565 g/mol. The molecule has 1 unspecified atom stereocenters. The number of carbonyl (C=O) groups is 1. The second-order valence-electron chi connectivity index (χ2n) is 10.3. The molecule has 2 saturated heterocycles. The van der Waals surface area contributed by atoms with Gasteiger partial charge in [-0.15, -0.1) is 0 Å². The Balaban J connectivity index is 1.08. The van der Waals surface area contributed by atoms with Crippen LogP contribution in [0.15, 0.2) is 57.5 Å². The topological polar surface area (TPSA) is 74.5 Å². The Kier molecular flexibility index (Phi) is 9.02. The number of hydrogen-bond donors (Lipinski definition) is 1. The lowest BCUT2D eigenvalue weighted by Gasteiger charge is -2.30. The second-order valence-corrected chi connectivity index (χ2v) is 11.2. The molecule has 3 aromatic rings. The summed E-state index contributed by atoms with van der Waals surface area (Å²) in [6, 6.07) is 16.6. The molecular formula is C29H36BrN5O2. The number of nitrogens with one attached hydrogen (secondary N) is 1. The van der Waals surface area contributed by atoms with E-state index in [-0.39, 0.29) is 11.8 Å². The van der Waals surface area contributed by atoms with Crippen LogP contribution in [0.3, 0.4) is 0 Å². The maximum Gasteiger partial charge on any atom is 0.241 e. The van der Waals surface area contributed by atoms with Gasteiger partial charge < -0.3 is 9.84 Å². The Morgan fingerprint density at radius 2 is 1.59 bits per heavy atom. The van der Waals surface area contributed by atoms with Gasteiger partial charge in [0.1, 0.15) is 0 Å². The van der Waals surface area contributed by atoms with Crippen LogP contribution in [0.25, 0.3) is 11.4 Å². The number of rotatable bonds is 8. The fraction of sp³-hybridized carbons (Fsp3) is 0.483. The smallest absolute Gasteiger partial charge is 0.241 e. The van der Waals surface area contributed by atoms with Gasteiger partial charge in [0.25, 0.3) is 0 Å². The second kappa shape index (κ2) is 12.8. The van der Waals surface area contributed by atoms with E-state index in [1.807, 2.05) is 24.3 Å². The van der Waals surface area contributed by atoms with Gasteiger partial charge in [-0.05, 0) is 80.7 Å². The van der Waals surface area contributed by atoms with Gasteiger partial charge in [-0.3, -0.25) is 14.6 Å². The SMILES string of the molecule is O=C(NCc1ccc(CN2CCCCCC2)cc1)C1CCCN(Cc2nc(-c3ccc(Br)cc3)no2)C1. The van der Waals surface area contributed by atoms with Crippen molar-refractivity contribution in [1.29, 1.82) is 0 Å². The lowest BCUT2D eigenvalue weighted by Crippen LogP contribution is -2.42. The van der Waals surface area contributed by atoms with Gasteiger partial charge in [-0.25, -0.2) is 0 Å². The number of aromatic nitrogens is 2. The minimum Gasteiger partial charge on any atom is -0.352 e. The fourth-order valence-corrected chi connectivity index (χ4v) is 5.55. The minimum absolute atomic E-state index is 0.0232. The minimum atomic E-state index is -0.0232. The highest BCUT2D eigenvalue weighted by Crippen LogP contribution is 2.22. The summed E-state index contributed by atoms with van der Waals surface area (Å²) in [6.45, 7) is 6.19. The Morgan fingerprint density at radius 1 is 0.892 bits per heavy atom. The van der Waals surface area contributed by atoms with Crippen molar-refractivity contribution in [2.45, 2.75) is 58.2 Å². The molecule has 3 heterocycles. The maximum absolute atomic E-state index is 12.9. The summed E-state index contributed by atoms with van der Waals surface area (Å²) in [5.41, 5.74) is 3.42. The van der Waals surface area contributed by atoms with Crippen molar-refractivity contribution < 1.29 is 9.32 Å². The van der Waals surface area contributed by atoms with Crippen LogP contribution in [-0.4, -0.2) is 52.0 Å². The van der Waals surface area contributed by atoms with Gasteiger partial charge in [-0.2, -0.15) is 4.98 Å². The van der Waals surface area contributed by atoms with Crippen LogP contribution in [-0.2, 0) is 24.4 Å². The Bertz CT molecular complexity index is 1140. The van der Waals surface area contributed by atoms with E-state index in [0.29, 0.717) is 31.3 Å². The molecule has 0 spiro atoms. The number of nitrogens with zero attached hydrogens (tertiary/aromatic N) is 4. The Labute approximate surface area is 227 Å². The van der Waals surface area contributed by atoms with Crippen molar-refractivity contribution in [3.8, 4) is 11.4 Å². The van der Waals surface area contributed by atoms with E-state index in [9.17, 15) is 4.79 Å². The molecule has 1 amide bonds. The normalized spacial score (nSPS) is 19.4. The van der Waals surface area contributed by atoms with Gasteiger partial charge in [0.2, 0.25) is 17.6 Å². The number of carbonyl (C=O) groups excluding carboxylic acids is 1. The summed E-state index contributed by atoms with van der Waals surface area (Å²) in [5, 5.41) is 7.29. The van der Waals surface area contributed by atoms with Gasteiger partial charge in [0, 0.05) is 29.7 Å². The molecule has 37 heavy (non-hydrogen) atoms. The van der Waals surface area contributed by atoms with Crippen molar-refractivity contribution in [1.82, 2.24) is 25.3 Å². The van der Waals surface area contributed by atoms with Crippen molar-refractivity contribution in [2.75, 3.05) is 26.2 Å². The van der Waals surface area contributed by atoms with E-state index in [1.54, 1.807) is 0 Å². The van der Waals surface area contributed by atoms with Gasteiger partial charge >= 0.3 is 0 Å². The molecule has 0 aliphatic carbocycles. The van der Waals surface area contributed by atoms with Crippen LogP contribution in [0.2, 0.25) is 0 Å². The Morgan fingerprint density at radius 3 is 2.35 bits per heavy atom. The summed E-state index contributed by atoms with van der Waals surface area (Å²) in [6.07, 6.45) is 7.23. The molecule has 2 fully saturated rings. The summed E-state index contributed by atoms with van der Waals surface area (Å²) in [7, 11) is 0. The van der Waals surface area contributed by atoms with Crippen LogP contribution in [0, 0.1) is 5.92 Å². The zero-order valence-corrected chi connectivity index (χ0v) is 23.0. The number of amides is 1. The lowest BCUT2D eigenvalue weighted by molar-refractivity contribution is -0.127. The first-order valence-corrected chi connectivity index (χ1v) is 14.3. The van der Waals surface area contributed by atoms with E-state index >= 15 is 0 Å². The molecule has 196 valence electrons. The third-order valence-electron chi connectivity index (χ3n) is 7.40.